The van der Waals surface area contributed by atoms with Crippen molar-refractivity contribution < 1.29 is 9.42 Å². The van der Waals surface area contributed by atoms with Crippen LogP contribution in [0.3, 0.4) is 0 Å². The number of thiophene rings is 1. The van der Waals surface area contributed by atoms with Gasteiger partial charge in [0.15, 0.2) is 5.69 Å². The van der Waals surface area contributed by atoms with Crippen molar-refractivity contribution in [1.29, 1.82) is 0 Å². The third kappa shape index (κ3) is 3.25. The van der Waals surface area contributed by atoms with Gasteiger partial charge in [0.25, 0.3) is 5.91 Å². The average Bonchev–Trinajstić information content (AvgIpc) is 3.42. The summed E-state index contributed by atoms with van der Waals surface area (Å²) in [6.07, 6.45) is 1.58. The Kier molecular flexibility index (Phi) is 4.64. The summed E-state index contributed by atoms with van der Waals surface area (Å²) in [7, 11) is 0. The van der Waals surface area contributed by atoms with Crippen molar-refractivity contribution in [3.8, 4) is 17.1 Å². The Morgan fingerprint density at radius 3 is 2.79 bits per heavy atom. The molecule has 0 saturated carbocycles. The normalized spacial score (nSPS) is 11.2. The van der Waals surface area contributed by atoms with Gasteiger partial charge in [-0.3, -0.25) is 4.79 Å². The number of hydrazone groups is 1. The Balaban J connectivity index is 1.72. The Morgan fingerprint density at radius 1 is 1.29 bits per heavy atom. The molecule has 0 spiro atoms. The molecule has 4 rings (SSSR count). The van der Waals surface area contributed by atoms with Crippen molar-refractivity contribution in [3.63, 3.8) is 0 Å². The fourth-order valence-corrected chi connectivity index (χ4v) is 3.27. The smallest absolute Gasteiger partial charge is 0.292 e. The summed E-state index contributed by atoms with van der Waals surface area (Å²) < 4.78 is 5.80. The third-order valence-electron chi connectivity index (χ3n) is 3.88. The number of carbonyl (C=O) groups is 1. The SMILES string of the molecule is Cc1ccsc1C=NNC(=O)c1c(-c2ccccc2)nnn1-c1nonc1N. The summed E-state index contributed by atoms with van der Waals surface area (Å²) in [4.78, 5) is 13.8. The number of nitrogens with zero attached hydrogens (tertiary/aromatic N) is 6. The van der Waals surface area contributed by atoms with Gasteiger partial charge in [0.05, 0.1) is 6.21 Å². The topological polar surface area (TPSA) is 137 Å². The van der Waals surface area contributed by atoms with Gasteiger partial charge in [-0.2, -0.15) is 9.78 Å². The van der Waals surface area contributed by atoms with E-state index >= 15 is 0 Å². The molecule has 11 heteroatoms. The highest BCUT2D eigenvalue weighted by Gasteiger charge is 2.25. The van der Waals surface area contributed by atoms with Crippen molar-refractivity contribution in [2.24, 2.45) is 5.10 Å². The molecule has 0 aliphatic carbocycles. The van der Waals surface area contributed by atoms with E-state index in [9.17, 15) is 4.79 Å². The average molecular weight is 394 g/mol. The zero-order chi connectivity index (χ0) is 19.5. The number of benzene rings is 1. The van der Waals surface area contributed by atoms with Crippen LogP contribution in [0.1, 0.15) is 20.9 Å². The van der Waals surface area contributed by atoms with Crippen LogP contribution in [0.15, 0.2) is 51.5 Å². The van der Waals surface area contributed by atoms with E-state index in [1.165, 1.54) is 16.0 Å². The molecule has 10 nitrogen and oxygen atoms in total. The van der Waals surface area contributed by atoms with E-state index in [1.807, 2.05) is 48.7 Å². The maximum Gasteiger partial charge on any atom is 0.292 e. The molecular weight excluding hydrogens is 380 g/mol. The number of aromatic nitrogens is 5. The van der Waals surface area contributed by atoms with Gasteiger partial charge in [-0.05, 0) is 34.2 Å². The van der Waals surface area contributed by atoms with Crippen LogP contribution in [0.5, 0.6) is 0 Å². The highest BCUT2D eigenvalue weighted by atomic mass is 32.1. The summed E-state index contributed by atoms with van der Waals surface area (Å²) >= 11 is 1.52. The van der Waals surface area contributed by atoms with Crippen LogP contribution in [-0.2, 0) is 0 Å². The van der Waals surface area contributed by atoms with Gasteiger partial charge in [0.2, 0.25) is 11.6 Å². The number of nitrogen functional groups attached to an aromatic ring is 1. The largest absolute Gasteiger partial charge is 0.378 e. The van der Waals surface area contributed by atoms with Gasteiger partial charge >= 0.3 is 0 Å². The third-order valence-corrected chi connectivity index (χ3v) is 4.83. The van der Waals surface area contributed by atoms with E-state index in [2.05, 4.69) is 35.8 Å². The highest BCUT2D eigenvalue weighted by molar-refractivity contribution is 7.11. The second-order valence-electron chi connectivity index (χ2n) is 5.70. The van der Waals surface area contributed by atoms with Gasteiger partial charge < -0.3 is 5.73 Å². The van der Waals surface area contributed by atoms with Crippen molar-refractivity contribution in [2.75, 3.05) is 5.73 Å². The number of anilines is 1. The minimum Gasteiger partial charge on any atom is -0.378 e. The van der Waals surface area contributed by atoms with E-state index in [4.69, 9.17) is 5.73 Å². The lowest BCUT2D eigenvalue weighted by Crippen LogP contribution is -2.22. The number of rotatable bonds is 5. The molecule has 140 valence electrons. The number of nitrogens with one attached hydrogen (secondary N) is 1. The first-order valence-corrected chi connectivity index (χ1v) is 9.00. The molecule has 1 amide bonds. The number of aryl methyl sites for hydroxylation is 1. The highest BCUT2D eigenvalue weighted by Crippen LogP contribution is 2.24. The van der Waals surface area contributed by atoms with Crippen LogP contribution in [-0.4, -0.2) is 37.4 Å². The minimum absolute atomic E-state index is 0.0173. The predicted molar refractivity (Wildman–Crippen MR) is 103 cm³/mol. The minimum atomic E-state index is -0.531. The fraction of sp³-hybridized carbons (Fsp3) is 0.0588. The molecule has 3 N–H and O–H groups in total. The van der Waals surface area contributed by atoms with Crippen molar-refractivity contribution in [2.45, 2.75) is 6.92 Å². The summed E-state index contributed by atoms with van der Waals surface area (Å²) in [6.45, 7) is 1.96. The van der Waals surface area contributed by atoms with Crippen LogP contribution in [0.25, 0.3) is 17.1 Å². The number of hydrogen-bond acceptors (Lipinski definition) is 9. The monoisotopic (exact) mass is 394 g/mol. The van der Waals surface area contributed by atoms with Crippen LogP contribution in [0.2, 0.25) is 0 Å². The standard InChI is InChI=1S/C17H14N8O2S/c1-10-7-8-28-12(10)9-19-21-17(26)14-13(11-5-3-2-4-6-11)20-24-25(14)16-15(18)22-27-23-16/h2-9H,1H3,(H2,18,22)(H,21,26). The van der Waals surface area contributed by atoms with Crippen LogP contribution >= 0.6 is 11.3 Å². The van der Waals surface area contributed by atoms with Crippen molar-refractivity contribution >= 4 is 29.3 Å². The molecule has 28 heavy (non-hydrogen) atoms. The molecule has 0 atom stereocenters. The Morgan fingerprint density at radius 2 is 2.11 bits per heavy atom. The van der Waals surface area contributed by atoms with Crippen molar-refractivity contribution in [1.82, 2.24) is 30.7 Å². The van der Waals surface area contributed by atoms with Crippen LogP contribution < -0.4 is 11.2 Å². The second kappa shape index (κ2) is 7.40. The second-order valence-corrected chi connectivity index (χ2v) is 6.65. The lowest BCUT2D eigenvalue weighted by molar-refractivity contribution is 0.0948. The molecule has 0 unspecified atom stereocenters. The van der Waals surface area contributed by atoms with Gasteiger partial charge in [0.1, 0.15) is 5.69 Å². The number of carbonyl (C=O) groups excluding carboxylic acids is 1. The molecule has 1 aromatic carbocycles. The molecule has 0 bridgehead atoms. The van der Waals surface area contributed by atoms with Gasteiger partial charge in [-0.25, -0.2) is 10.1 Å². The maximum atomic E-state index is 12.9. The first-order chi connectivity index (χ1) is 13.6. The molecule has 3 aromatic heterocycles. The lowest BCUT2D eigenvalue weighted by Gasteiger charge is -2.04. The summed E-state index contributed by atoms with van der Waals surface area (Å²) in [5.74, 6) is -0.481. The van der Waals surface area contributed by atoms with Gasteiger partial charge in [-0.15, -0.1) is 16.4 Å². The lowest BCUT2D eigenvalue weighted by atomic mass is 10.1. The summed E-state index contributed by atoms with van der Waals surface area (Å²) in [5, 5.41) is 21.3. The number of amides is 1. The van der Waals surface area contributed by atoms with E-state index < -0.39 is 5.91 Å². The van der Waals surface area contributed by atoms with E-state index in [1.54, 1.807) is 6.21 Å². The van der Waals surface area contributed by atoms with Crippen molar-refractivity contribution in [3.05, 3.63) is 57.9 Å². The Bertz CT molecular complexity index is 1150. The van der Waals surface area contributed by atoms with Crippen LogP contribution in [0.4, 0.5) is 5.82 Å². The number of hydrogen-bond donors (Lipinski definition) is 2. The first-order valence-electron chi connectivity index (χ1n) is 8.12. The molecule has 4 aromatic rings. The van der Waals surface area contributed by atoms with Gasteiger partial charge in [0, 0.05) is 10.4 Å². The molecule has 0 aliphatic rings. The van der Waals surface area contributed by atoms with Gasteiger partial charge in [-0.1, -0.05) is 35.5 Å². The van der Waals surface area contributed by atoms with Crippen LogP contribution in [0, 0.1) is 6.92 Å². The zero-order valence-corrected chi connectivity index (χ0v) is 15.4. The van der Waals surface area contributed by atoms with E-state index in [0.717, 1.165) is 10.4 Å². The van der Waals surface area contributed by atoms with E-state index in [-0.39, 0.29) is 17.3 Å². The summed E-state index contributed by atoms with van der Waals surface area (Å²) in [6, 6.07) is 11.1. The molecule has 0 aliphatic heterocycles. The Labute approximate surface area is 162 Å². The molecule has 0 saturated heterocycles. The zero-order valence-electron chi connectivity index (χ0n) is 14.6. The van der Waals surface area contributed by atoms with E-state index in [0.29, 0.717) is 11.3 Å². The molecule has 3 heterocycles. The molecule has 0 radical (unpaired) electrons. The summed E-state index contributed by atoms with van der Waals surface area (Å²) in [5.41, 5.74) is 10.5. The quantitative estimate of drug-likeness (QED) is 0.390. The number of nitrogens with two attached hydrogens (primary N) is 1. The fourth-order valence-electron chi connectivity index (χ4n) is 2.48. The predicted octanol–water partition coefficient (Wildman–Crippen LogP) is 2.03. The Hall–Kier alpha value is -3.86. The molecular formula is C17H14N8O2S. The molecule has 0 fully saturated rings. The maximum absolute atomic E-state index is 12.9. The first kappa shape index (κ1) is 17.5.